The van der Waals surface area contributed by atoms with Crippen molar-refractivity contribution in [2.75, 3.05) is 34.7 Å². The molecule has 0 spiro atoms. The smallest absolute Gasteiger partial charge is 0.0953 e. The monoisotopic (exact) mass is 202 g/mol. The second kappa shape index (κ2) is 7.24. The Labute approximate surface area is 90.3 Å². The lowest BCUT2D eigenvalue weighted by molar-refractivity contribution is -0.905. The van der Waals surface area contributed by atoms with Gasteiger partial charge in [-0.1, -0.05) is 20.3 Å². The van der Waals surface area contributed by atoms with Gasteiger partial charge in [-0.3, -0.25) is 0 Å². The first-order chi connectivity index (χ1) is 6.52. The van der Waals surface area contributed by atoms with Crippen LogP contribution in [0, 0.1) is 5.92 Å². The normalized spacial score (nSPS) is 16.3. The van der Waals surface area contributed by atoms with Crippen LogP contribution in [0.5, 0.6) is 0 Å². The summed E-state index contributed by atoms with van der Waals surface area (Å²) in [7, 11) is 9.12. The lowest BCUT2D eigenvalue weighted by atomic mass is 9.92. The maximum atomic E-state index is 2.33. The minimum Gasteiger partial charge on any atom is -0.339 e. The highest BCUT2D eigenvalue weighted by Crippen LogP contribution is 2.09. The van der Waals surface area contributed by atoms with Crippen molar-refractivity contribution in [1.29, 1.82) is 0 Å². The minimum atomic E-state index is 0.847. The maximum absolute atomic E-state index is 2.33. The molecule has 0 amide bonds. The zero-order valence-electron chi connectivity index (χ0n) is 11.0. The van der Waals surface area contributed by atoms with Crippen molar-refractivity contribution in [2.24, 2.45) is 5.92 Å². The molecule has 0 bridgehead atoms. The first-order valence-electron chi connectivity index (χ1n) is 6.11. The Balaban J connectivity index is 4.25. The Kier molecular flexibility index (Phi) is 7.20. The van der Waals surface area contributed by atoms with E-state index in [1.54, 1.807) is 9.80 Å². The molecule has 86 valence electrons. The third-order valence-electron chi connectivity index (χ3n) is 3.11. The van der Waals surface area contributed by atoms with E-state index in [1.807, 2.05) is 0 Å². The van der Waals surface area contributed by atoms with E-state index >= 15 is 0 Å². The second-order valence-electron chi connectivity index (χ2n) is 5.05. The van der Waals surface area contributed by atoms with Gasteiger partial charge in [0.25, 0.3) is 0 Å². The van der Waals surface area contributed by atoms with Crippen LogP contribution in [0.25, 0.3) is 0 Å². The van der Waals surface area contributed by atoms with E-state index in [4.69, 9.17) is 0 Å². The van der Waals surface area contributed by atoms with Crippen LogP contribution in [-0.4, -0.2) is 40.8 Å². The molecule has 2 N–H and O–H groups in total. The van der Waals surface area contributed by atoms with Crippen molar-refractivity contribution in [3.63, 3.8) is 0 Å². The summed E-state index contributed by atoms with van der Waals surface area (Å²) < 4.78 is 0. The molecule has 0 heterocycles. The molecule has 0 aromatic heterocycles. The fourth-order valence-corrected chi connectivity index (χ4v) is 2.40. The Bertz CT molecular complexity index is 132. The zero-order chi connectivity index (χ0) is 11.1. The first-order valence-corrected chi connectivity index (χ1v) is 6.11. The van der Waals surface area contributed by atoms with E-state index < -0.39 is 0 Å². The van der Waals surface area contributed by atoms with Gasteiger partial charge < -0.3 is 9.80 Å². The molecule has 0 aliphatic rings. The molecule has 0 unspecified atom stereocenters. The predicted octanol–water partition coefficient (Wildman–Crippen LogP) is -0.530. The lowest BCUT2D eigenvalue weighted by Gasteiger charge is -2.29. The van der Waals surface area contributed by atoms with E-state index in [9.17, 15) is 0 Å². The Morgan fingerprint density at radius 1 is 1.00 bits per heavy atom. The summed E-state index contributed by atoms with van der Waals surface area (Å²) in [5.41, 5.74) is 0. The van der Waals surface area contributed by atoms with Gasteiger partial charge in [0.2, 0.25) is 0 Å². The van der Waals surface area contributed by atoms with Gasteiger partial charge in [-0.05, 0) is 12.8 Å². The summed E-state index contributed by atoms with van der Waals surface area (Å²) in [6.45, 7) is 5.94. The molecule has 0 saturated heterocycles. The highest BCUT2D eigenvalue weighted by atomic mass is 15.1. The fourth-order valence-electron chi connectivity index (χ4n) is 2.40. The molecule has 0 aliphatic carbocycles. The lowest BCUT2D eigenvalue weighted by Crippen LogP contribution is -3.13. The Morgan fingerprint density at radius 3 is 1.86 bits per heavy atom. The summed E-state index contributed by atoms with van der Waals surface area (Å²) in [5, 5.41) is 0. The minimum absolute atomic E-state index is 0.847. The van der Waals surface area contributed by atoms with Crippen molar-refractivity contribution in [3.8, 4) is 0 Å². The molecule has 2 nitrogen and oxygen atoms in total. The molecular formula is C12H30N2+2. The van der Waals surface area contributed by atoms with Crippen LogP contribution in [-0.2, 0) is 0 Å². The van der Waals surface area contributed by atoms with Gasteiger partial charge in [-0.25, -0.2) is 0 Å². The van der Waals surface area contributed by atoms with Crippen molar-refractivity contribution in [1.82, 2.24) is 0 Å². The molecule has 14 heavy (non-hydrogen) atoms. The molecule has 0 saturated carbocycles. The molecule has 2 heteroatoms. The van der Waals surface area contributed by atoms with Gasteiger partial charge in [-0.2, -0.15) is 0 Å². The van der Waals surface area contributed by atoms with Crippen molar-refractivity contribution < 1.29 is 9.80 Å². The van der Waals surface area contributed by atoms with E-state index in [0.29, 0.717) is 0 Å². The summed E-state index contributed by atoms with van der Waals surface area (Å²) >= 11 is 0. The topological polar surface area (TPSA) is 8.88 Å². The molecule has 2 atom stereocenters. The van der Waals surface area contributed by atoms with Crippen LogP contribution in [0.3, 0.4) is 0 Å². The summed E-state index contributed by atoms with van der Waals surface area (Å²) in [4.78, 5) is 3.21. The molecule has 0 rings (SSSR count). The van der Waals surface area contributed by atoms with E-state index in [2.05, 4.69) is 42.0 Å². The maximum Gasteiger partial charge on any atom is 0.0953 e. The van der Waals surface area contributed by atoms with Gasteiger partial charge in [0.05, 0.1) is 46.7 Å². The van der Waals surface area contributed by atoms with Crippen molar-refractivity contribution in [2.45, 2.75) is 39.2 Å². The van der Waals surface area contributed by atoms with Gasteiger partial charge in [0.1, 0.15) is 0 Å². The SMILES string of the molecule is CCC[C@H]([C@H](CC)C[NH+](C)C)[NH+](C)C. The molecule has 0 aliphatic heterocycles. The average Bonchev–Trinajstić information content (AvgIpc) is 2.10. The van der Waals surface area contributed by atoms with Gasteiger partial charge in [-0.15, -0.1) is 0 Å². The number of hydrogen-bond donors (Lipinski definition) is 2. The van der Waals surface area contributed by atoms with E-state index in [0.717, 1.165) is 12.0 Å². The van der Waals surface area contributed by atoms with Crippen LogP contribution >= 0.6 is 0 Å². The largest absolute Gasteiger partial charge is 0.339 e. The van der Waals surface area contributed by atoms with Crippen LogP contribution < -0.4 is 9.80 Å². The Hall–Kier alpha value is -0.0800. The fraction of sp³-hybridized carbons (Fsp3) is 1.00. The summed E-state index contributed by atoms with van der Waals surface area (Å²) in [6, 6.07) is 0.847. The van der Waals surface area contributed by atoms with Crippen LogP contribution in [0.4, 0.5) is 0 Å². The molecule has 0 fully saturated rings. The summed E-state index contributed by atoms with van der Waals surface area (Å²) in [6.07, 6.45) is 4.00. The standard InChI is InChI=1S/C12H28N2/c1-7-9-12(14(5)6)11(8-2)10-13(3)4/h11-12H,7-10H2,1-6H3/p+2/t11-,12-/m1/s1. The van der Waals surface area contributed by atoms with Gasteiger partial charge in [0, 0.05) is 0 Å². The zero-order valence-corrected chi connectivity index (χ0v) is 11.0. The van der Waals surface area contributed by atoms with E-state index in [-0.39, 0.29) is 0 Å². The van der Waals surface area contributed by atoms with Gasteiger partial charge in [0.15, 0.2) is 0 Å². The summed E-state index contributed by atoms with van der Waals surface area (Å²) in [5.74, 6) is 0.880. The second-order valence-corrected chi connectivity index (χ2v) is 5.05. The average molecular weight is 202 g/mol. The third-order valence-corrected chi connectivity index (χ3v) is 3.11. The molecule has 0 aromatic rings. The highest BCUT2D eigenvalue weighted by molar-refractivity contribution is 4.66. The van der Waals surface area contributed by atoms with Crippen molar-refractivity contribution in [3.05, 3.63) is 0 Å². The van der Waals surface area contributed by atoms with E-state index in [1.165, 1.54) is 25.8 Å². The van der Waals surface area contributed by atoms with Crippen molar-refractivity contribution >= 4 is 0 Å². The molecule has 0 radical (unpaired) electrons. The van der Waals surface area contributed by atoms with Crippen LogP contribution in [0.15, 0.2) is 0 Å². The first kappa shape index (κ1) is 13.9. The van der Waals surface area contributed by atoms with Gasteiger partial charge >= 0.3 is 0 Å². The van der Waals surface area contributed by atoms with Crippen LogP contribution in [0.1, 0.15) is 33.1 Å². The molecular weight excluding hydrogens is 172 g/mol. The predicted molar refractivity (Wildman–Crippen MR) is 63.0 cm³/mol. The number of nitrogens with one attached hydrogen (secondary N) is 2. The highest BCUT2D eigenvalue weighted by Gasteiger charge is 2.26. The Morgan fingerprint density at radius 2 is 1.57 bits per heavy atom. The number of rotatable bonds is 7. The molecule has 0 aromatic carbocycles. The quantitative estimate of drug-likeness (QED) is 0.549. The number of hydrogen-bond acceptors (Lipinski definition) is 0. The number of quaternary nitrogens is 2. The third kappa shape index (κ3) is 4.97. The van der Waals surface area contributed by atoms with Crippen LogP contribution in [0.2, 0.25) is 0 Å².